The van der Waals surface area contributed by atoms with Crippen LogP contribution >= 0.6 is 15.9 Å². The first-order chi connectivity index (χ1) is 10.1. The van der Waals surface area contributed by atoms with Crippen LogP contribution in [0.5, 0.6) is 0 Å². The molecule has 0 bridgehead atoms. The van der Waals surface area contributed by atoms with E-state index >= 15 is 0 Å². The molecule has 114 valence electrons. The molecule has 1 aliphatic carbocycles. The van der Waals surface area contributed by atoms with Crippen LogP contribution in [-0.2, 0) is 0 Å². The second kappa shape index (κ2) is 5.99. The van der Waals surface area contributed by atoms with Gasteiger partial charge in [0.15, 0.2) is 0 Å². The largest absolute Gasteiger partial charge is 0.367 e. The van der Waals surface area contributed by atoms with Gasteiger partial charge < -0.3 is 5.32 Å². The van der Waals surface area contributed by atoms with Crippen molar-refractivity contribution in [1.29, 1.82) is 0 Å². The summed E-state index contributed by atoms with van der Waals surface area (Å²) in [6, 6.07) is 2.75. The van der Waals surface area contributed by atoms with Gasteiger partial charge in [0, 0.05) is 16.7 Å². The van der Waals surface area contributed by atoms with E-state index < -0.39 is 0 Å². The van der Waals surface area contributed by atoms with Crippen molar-refractivity contribution < 1.29 is 0 Å². The van der Waals surface area contributed by atoms with Crippen LogP contribution in [0.25, 0.3) is 5.65 Å². The molecule has 0 saturated heterocycles. The van der Waals surface area contributed by atoms with Gasteiger partial charge in [0.2, 0.25) is 0 Å². The fourth-order valence-electron chi connectivity index (χ4n) is 3.16. The van der Waals surface area contributed by atoms with Gasteiger partial charge >= 0.3 is 0 Å². The highest BCUT2D eigenvalue weighted by atomic mass is 79.9. The highest BCUT2D eigenvalue weighted by Gasteiger charge is 2.20. The Kier molecular flexibility index (Phi) is 4.25. The molecule has 21 heavy (non-hydrogen) atoms. The molecule has 1 fully saturated rings. The third-order valence-electron chi connectivity index (χ3n) is 4.42. The molecule has 0 atom stereocenters. The van der Waals surface area contributed by atoms with Gasteiger partial charge in [-0.2, -0.15) is 0 Å². The lowest BCUT2D eigenvalue weighted by Gasteiger charge is -2.24. The monoisotopic (exact) mass is 349 g/mol. The summed E-state index contributed by atoms with van der Waals surface area (Å²) in [4.78, 5) is 4.86. The van der Waals surface area contributed by atoms with Gasteiger partial charge in [0.05, 0.1) is 5.69 Å². The quantitative estimate of drug-likeness (QED) is 0.817. The summed E-state index contributed by atoms with van der Waals surface area (Å²) in [5.74, 6) is 1.61. The molecule has 0 spiro atoms. The van der Waals surface area contributed by atoms with E-state index in [2.05, 4.69) is 58.7 Å². The normalized spacial score (nSPS) is 16.8. The Bertz CT molecular complexity index is 639. The van der Waals surface area contributed by atoms with Crippen molar-refractivity contribution in [3.05, 3.63) is 28.0 Å². The Hall–Kier alpha value is -1.03. The topological polar surface area (TPSA) is 29.3 Å². The van der Waals surface area contributed by atoms with Gasteiger partial charge in [-0.15, -0.1) is 0 Å². The molecule has 1 saturated carbocycles. The van der Waals surface area contributed by atoms with Crippen LogP contribution in [0.1, 0.15) is 63.1 Å². The first kappa shape index (κ1) is 14.9. The molecule has 2 aromatic rings. The number of rotatable bonds is 3. The second-order valence-corrected chi connectivity index (χ2v) is 7.37. The number of imidazole rings is 1. The van der Waals surface area contributed by atoms with E-state index in [4.69, 9.17) is 4.98 Å². The number of nitrogens with zero attached hydrogens (tertiary/aromatic N) is 2. The number of anilines is 1. The number of aromatic nitrogens is 2. The van der Waals surface area contributed by atoms with Gasteiger partial charge in [-0.3, -0.25) is 4.40 Å². The molecule has 0 unspecified atom stereocenters. The number of fused-ring (bicyclic) bond motifs is 1. The molecule has 1 N–H and O–H groups in total. The summed E-state index contributed by atoms with van der Waals surface area (Å²) in [5.41, 5.74) is 3.45. The van der Waals surface area contributed by atoms with Gasteiger partial charge in [0.25, 0.3) is 0 Å². The number of halogens is 1. The summed E-state index contributed by atoms with van der Waals surface area (Å²) < 4.78 is 3.34. The van der Waals surface area contributed by atoms with Crippen molar-refractivity contribution in [2.24, 2.45) is 0 Å². The molecule has 0 aliphatic heterocycles. The van der Waals surface area contributed by atoms with Crippen LogP contribution in [0.2, 0.25) is 0 Å². The van der Waals surface area contributed by atoms with E-state index in [1.54, 1.807) is 0 Å². The molecule has 2 aromatic heterocycles. The lowest BCUT2D eigenvalue weighted by molar-refractivity contribution is 0.461. The summed E-state index contributed by atoms with van der Waals surface area (Å²) in [6.07, 6.45) is 8.76. The van der Waals surface area contributed by atoms with E-state index in [1.165, 1.54) is 49.2 Å². The molecular weight excluding hydrogens is 326 g/mol. The van der Waals surface area contributed by atoms with Crippen molar-refractivity contribution >= 4 is 27.4 Å². The van der Waals surface area contributed by atoms with E-state index in [9.17, 15) is 0 Å². The molecule has 0 radical (unpaired) electrons. The van der Waals surface area contributed by atoms with Gasteiger partial charge in [-0.05, 0) is 53.2 Å². The van der Waals surface area contributed by atoms with Crippen molar-refractivity contribution in [2.75, 3.05) is 5.32 Å². The van der Waals surface area contributed by atoms with Gasteiger partial charge in [-0.25, -0.2) is 4.98 Å². The molecule has 0 amide bonds. The fourth-order valence-corrected chi connectivity index (χ4v) is 3.48. The Balaban J connectivity index is 2.04. The summed E-state index contributed by atoms with van der Waals surface area (Å²) in [6.45, 7) is 6.55. The van der Waals surface area contributed by atoms with Crippen molar-refractivity contribution in [2.45, 2.75) is 64.8 Å². The van der Waals surface area contributed by atoms with Crippen LogP contribution in [0, 0.1) is 6.92 Å². The number of aryl methyl sites for hydroxylation is 1. The third-order valence-corrected chi connectivity index (χ3v) is 5.25. The van der Waals surface area contributed by atoms with Crippen LogP contribution in [-0.4, -0.2) is 15.4 Å². The zero-order valence-electron chi connectivity index (χ0n) is 13.1. The van der Waals surface area contributed by atoms with Crippen molar-refractivity contribution in [3.8, 4) is 0 Å². The lowest BCUT2D eigenvalue weighted by Crippen LogP contribution is -2.23. The predicted octanol–water partition coefficient (Wildman–Crippen LogP) is 5.27. The van der Waals surface area contributed by atoms with E-state index in [1.807, 2.05) is 0 Å². The minimum absolute atomic E-state index is 0.426. The second-order valence-electron chi connectivity index (χ2n) is 6.51. The Morgan fingerprint density at radius 3 is 2.67 bits per heavy atom. The van der Waals surface area contributed by atoms with E-state index in [0.29, 0.717) is 12.0 Å². The van der Waals surface area contributed by atoms with Gasteiger partial charge in [0.1, 0.15) is 11.5 Å². The minimum Gasteiger partial charge on any atom is -0.367 e. The molecular formula is C17H24BrN3. The average molecular weight is 350 g/mol. The Labute approximate surface area is 135 Å². The number of pyridine rings is 1. The lowest BCUT2D eigenvalue weighted by atomic mass is 9.95. The number of hydrogen-bond donors (Lipinski definition) is 1. The zero-order chi connectivity index (χ0) is 15.0. The molecule has 1 aliphatic rings. The highest BCUT2D eigenvalue weighted by Crippen LogP contribution is 2.30. The van der Waals surface area contributed by atoms with Gasteiger partial charge in [-0.1, -0.05) is 33.1 Å². The first-order valence-electron chi connectivity index (χ1n) is 8.01. The maximum atomic E-state index is 4.86. The minimum atomic E-state index is 0.426. The van der Waals surface area contributed by atoms with Crippen LogP contribution in [0.4, 0.5) is 5.82 Å². The molecule has 2 heterocycles. The van der Waals surface area contributed by atoms with Crippen LogP contribution < -0.4 is 5.32 Å². The first-order valence-corrected chi connectivity index (χ1v) is 8.80. The summed E-state index contributed by atoms with van der Waals surface area (Å²) in [5, 5.41) is 3.78. The summed E-state index contributed by atoms with van der Waals surface area (Å²) in [7, 11) is 0. The van der Waals surface area contributed by atoms with Crippen LogP contribution in [0.3, 0.4) is 0 Å². The van der Waals surface area contributed by atoms with Crippen molar-refractivity contribution in [3.63, 3.8) is 0 Å². The zero-order valence-corrected chi connectivity index (χ0v) is 14.7. The summed E-state index contributed by atoms with van der Waals surface area (Å²) >= 11 is 3.65. The maximum absolute atomic E-state index is 4.86. The standard InChI is InChI=1S/C17H24BrN3/c1-11(2)16-17(19-13-7-5-4-6-8-13)21-10-14(18)12(3)9-15(21)20-16/h9-11,13,19H,4-8H2,1-3H3. The molecule has 3 rings (SSSR count). The maximum Gasteiger partial charge on any atom is 0.139 e. The van der Waals surface area contributed by atoms with Crippen molar-refractivity contribution in [1.82, 2.24) is 9.38 Å². The number of hydrogen-bond acceptors (Lipinski definition) is 2. The fraction of sp³-hybridized carbons (Fsp3) is 0.588. The van der Waals surface area contributed by atoms with Crippen LogP contribution in [0.15, 0.2) is 16.7 Å². The Morgan fingerprint density at radius 2 is 2.00 bits per heavy atom. The highest BCUT2D eigenvalue weighted by molar-refractivity contribution is 9.10. The SMILES string of the molecule is Cc1cc2nc(C(C)C)c(NC3CCCCC3)n2cc1Br. The van der Waals surface area contributed by atoms with E-state index in [-0.39, 0.29) is 0 Å². The average Bonchev–Trinajstić information content (AvgIpc) is 2.79. The molecule has 4 heteroatoms. The third kappa shape index (κ3) is 2.96. The molecule has 0 aromatic carbocycles. The Morgan fingerprint density at radius 1 is 1.29 bits per heavy atom. The molecule has 3 nitrogen and oxygen atoms in total. The van der Waals surface area contributed by atoms with E-state index in [0.717, 1.165) is 10.1 Å². The number of nitrogens with one attached hydrogen (secondary N) is 1. The predicted molar refractivity (Wildman–Crippen MR) is 92.2 cm³/mol. The smallest absolute Gasteiger partial charge is 0.139 e.